The zero-order valence-electron chi connectivity index (χ0n) is 13.1. The lowest BCUT2D eigenvalue weighted by atomic mass is 9.83. The SMILES string of the molecule is COc1c(C)cc2c(c1[N+](=O)[O-])[C@@H]1CN(C)C(=O)[C@H](C2)N1C. The summed E-state index contributed by atoms with van der Waals surface area (Å²) in [4.78, 5) is 27.2. The van der Waals surface area contributed by atoms with Gasteiger partial charge in [0.1, 0.15) is 0 Å². The first kappa shape index (κ1) is 14.8. The van der Waals surface area contributed by atoms with E-state index in [0.29, 0.717) is 24.3 Å². The molecule has 2 atom stereocenters. The standard InChI is InChI=1S/C15H19N3O4/c1-8-5-9-6-10-15(19)16(2)7-11(17(10)3)12(9)13(18(20)21)14(8)22-4/h5,10-11H,6-7H2,1-4H3/t10-,11-/m0/s1. The van der Waals surface area contributed by atoms with Crippen LogP contribution in [-0.4, -0.2) is 54.4 Å². The van der Waals surface area contributed by atoms with Crippen molar-refractivity contribution < 1.29 is 14.5 Å². The second kappa shape index (κ2) is 4.95. The normalized spacial score (nSPS) is 24.2. The molecule has 7 heteroatoms. The van der Waals surface area contributed by atoms with Gasteiger partial charge in [0.2, 0.25) is 5.91 Å². The predicted octanol–water partition coefficient (Wildman–Crippen LogP) is 1.28. The van der Waals surface area contributed by atoms with Crippen molar-refractivity contribution >= 4 is 11.6 Å². The van der Waals surface area contributed by atoms with Gasteiger partial charge in [0.05, 0.1) is 29.7 Å². The molecule has 118 valence electrons. The van der Waals surface area contributed by atoms with Crippen LogP contribution in [0.1, 0.15) is 22.7 Å². The Morgan fingerprint density at radius 2 is 2.05 bits per heavy atom. The summed E-state index contributed by atoms with van der Waals surface area (Å²) in [5.41, 5.74) is 2.34. The molecule has 2 aliphatic heterocycles. The van der Waals surface area contributed by atoms with Gasteiger partial charge in [0.15, 0.2) is 5.75 Å². The third-order valence-corrected chi connectivity index (χ3v) is 4.79. The number of hydrogen-bond acceptors (Lipinski definition) is 5. The highest BCUT2D eigenvalue weighted by molar-refractivity contribution is 5.84. The number of aryl methyl sites for hydroxylation is 1. The molecule has 0 aliphatic carbocycles. The molecule has 1 amide bonds. The van der Waals surface area contributed by atoms with Gasteiger partial charge in [0, 0.05) is 13.6 Å². The number of rotatable bonds is 2. The molecule has 1 aromatic rings. The Kier molecular flexibility index (Phi) is 3.32. The third-order valence-electron chi connectivity index (χ3n) is 4.79. The Morgan fingerprint density at radius 3 is 2.64 bits per heavy atom. The molecule has 2 heterocycles. The summed E-state index contributed by atoms with van der Waals surface area (Å²) in [6.07, 6.45) is 0.497. The second-order valence-electron chi connectivity index (χ2n) is 6.03. The van der Waals surface area contributed by atoms with E-state index in [1.165, 1.54) is 7.11 Å². The number of nitro groups is 1. The summed E-state index contributed by atoms with van der Waals surface area (Å²) in [6, 6.07) is 1.50. The fourth-order valence-electron chi connectivity index (χ4n) is 3.70. The number of likely N-dealkylation sites (N-methyl/N-ethyl adjacent to an activating group) is 2. The molecule has 0 unspecified atom stereocenters. The van der Waals surface area contributed by atoms with Crippen LogP contribution in [0.15, 0.2) is 6.07 Å². The summed E-state index contributed by atoms with van der Waals surface area (Å²) in [6.45, 7) is 2.25. The number of fused-ring (bicyclic) bond motifs is 4. The van der Waals surface area contributed by atoms with Crippen LogP contribution >= 0.6 is 0 Å². The first-order chi connectivity index (χ1) is 10.4. The molecule has 2 aliphatic rings. The van der Waals surface area contributed by atoms with Crippen molar-refractivity contribution in [1.82, 2.24) is 9.80 Å². The molecule has 0 saturated carbocycles. The van der Waals surface area contributed by atoms with Gasteiger partial charge in [-0.1, -0.05) is 6.07 Å². The van der Waals surface area contributed by atoms with E-state index in [1.54, 1.807) is 18.9 Å². The van der Waals surface area contributed by atoms with Crippen LogP contribution in [0.3, 0.4) is 0 Å². The van der Waals surface area contributed by atoms with Crippen LogP contribution in [0, 0.1) is 17.0 Å². The molecule has 0 aromatic heterocycles. The van der Waals surface area contributed by atoms with Gasteiger partial charge in [-0.05, 0) is 31.5 Å². The first-order valence-corrected chi connectivity index (χ1v) is 7.18. The molecule has 2 bridgehead atoms. The molecule has 1 saturated heterocycles. The molecular weight excluding hydrogens is 286 g/mol. The average molecular weight is 305 g/mol. The molecule has 3 rings (SSSR count). The summed E-state index contributed by atoms with van der Waals surface area (Å²) >= 11 is 0. The minimum Gasteiger partial charge on any atom is -0.490 e. The van der Waals surface area contributed by atoms with E-state index in [0.717, 1.165) is 11.1 Å². The lowest BCUT2D eigenvalue weighted by molar-refractivity contribution is -0.387. The lowest BCUT2D eigenvalue weighted by Crippen LogP contribution is -2.58. The number of ether oxygens (including phenoxy) is 1. The van der Waals surface area contributed by atoms with E-state index in [9.17, 15) is 14.9 Å². The van der Waals surface area contributed by atoms with Crippen molar-refractivity contribution in [3.8, 4) is 5.75 Å². The zero-order valence-corrected chi connectivity index (χ0v) is 13.1. The van der Waals surface area contributed by atoms with E-state index < -0.39 is 0 Å². The van der Waals surface area contributed by atoms with Crippen LogP contribution in [0.25, 0.3) is 0 Å². The quantitative estimate of drug-likeness (QED) is 0.608. The number of methoxy groups -OCH3 is 1. The Hall–Kier alpha value is -2.15. The fourth-order valence-corrected chi connectivity index (χ4v) is 3.70. The monoisotopic (exact) mass is 305 g/mol. The highest BCUT2D eigenvalue weighted by atomic mass is 16.6. The molecule has 7 nitrogen and oxygen atoms in total. The van der Waals surface area contributed by atoms with Gasteiger partial charge in [-0.15, -0.1) is 0 Å². The van der Waals surface area contributed by atoms with Crippen molar-refractivity contribution in [2.75, 3.05) is 27.7 Å². The number of carbonyl (C=O) groups excluding carboxylic acids is 1. The van der Waals surface area contributed by atoms with Gasteiger partial charge in [-0.2, -0.15) is 0 Å². The lowest BCUT2D eigenvalue weighted by Gasteiger charge is -2.47. The summed E-state index contributed by atoms with van der Waals surface area (Å²) < 4.78 is 5.28. The molecule has 0 radical (unpaired) electrons. The van der Waals surface area contributed by atoms with Gasteiger partial charge in [0.25, 0.3) is 0 Å². The van der Waals surface area contributed by atoms with Gasteiger partial charge in [-0.3, -0.25) is 19.8 Å². The number of benzene rings is 1. The topological polar surface area (TPSA) is 75.9 Å². The number of piperazine rings is 1. The molecular formula is C15H19N3O4. The summed E-state index contributed by atoms with van der Waals surface area (Å²) in [7, 11) is 5.06. The van der Waals surface area contributed by atoms with Crippen molar-refractivity contribution in [3.05, 3.63) is 32.9 Å². The van der Waals surface area contributed by atoms with Crippen molar-refractivity contribution in [1.29, 1.82) is 0 Å². The minimum absolute atomic E-state index is 0.0375. The Morgan fingerprint density at radius 1 is 1.36 bits per heavy atom. The summed E-state index contributed by atoms with van der Waals surface area (Å²) in [5.74, 6) is 0.385. The highest BCUT2D eigenvalue weighted by Gasteiger charge is 2.46. The number of nitro benzene ring substituents is 1. The Bertz CT molecular complexity index is 673. The van der Waals surface area contributed by atoms with Crippen LogP contribution in [0.2, 0.25) is 0 Å². The van der Waals surface area contributed by atoms with Crippen LogP contribution in [0.5, 0.6) is 5.75 Å². The summed E-state index contributed by atoms with van der Waals surface area (Å²) in [5, 5.41) is 11.6. The van der Waals surface area contributed by atoms with Crippen molar-refractivity contribution in [2.45, 2.75) is 25.4 Å². The van der Waals surface area contributed by atoms with Gasteiger partial charge >= 0.3 is 5.69 Å². The number of nitrogens with zero attached hydrogens (tertiary/aromatic N) is 3. The third kappa shape index (κ3) is 1.89. The molecule has 22 heavy (non-hydrogen) atoms. The minimum atomic E-state index is -0.366. The molecule has 0 N–H and O–H groups in total. The second-order valence-corrected chi connectivity index (χ2v) is 6.03. The Labute approximate surface area is 128 Å². The van der Waals surface area contributed by atoms with E-state index in [-0.39, 0.29) is 28.6 Å². The van der Waals surface area contributed by atoms with E-state index in [1.807, 2.05) is 18.0 Å². The van der Waals surface area contributed by atoms with Crippen molar-refractivity contribution in [2.24, 2.45) is 0 Å². The highest BCUT2D eigenvalue weighted by Crippen LogP contribution is 2.46. The van der Waals surface area contributed by atoms with E-state index in [2.05, 4.69) is 0 Å². The number of amides is 1. The van der Waals surface area contributed by atoms with Crippen molar-refractivity contribution in [3.63, 3.8) is 0 Å². The number of carbonyl (C=O) groups is 1. The first-order valence-electron chi connectivity index (χ1n) is 7.18. The maximum atomic E-state index is 12.3. The van der Waals surface area contributed by atoms with E-state index in [4.69, 9.17) is 4.74 Å². The molecule has 1 fully saturated rings. The van der Waals surface area contributed by atoms with Crippen LogP contribution in [-0.2, 0) is 11.2 Å². The maximum absolute atomic E-state index is 12.3. The van der Waals surface area contributed by atoms with Gasteiger partial charge < -0.3 is 9.64 Å². The Balaban J connectivity index is 2.27. The largest absolute Gasteiger partial charge is 0.490 e. The fraction of sp³-hybridized carbons (Fsp3) is 0.533. The average Bonchev–Trinajstić information content (AvgIpc) is 2.46. The number of hydrogen-bond donors (Lipinski definition) is 0. The maximum Gasteiger partial charge on any atom is 0.316 e. The van der Waals surface area contributed by atoms with Crippen LogP contribution in [0.4, 0.5) is 5.69 Å². The zero-order chi connectivity index (χ0) is 16.2. The van der Waals surface area contributed by atoms with E-state index >= 15 is 0 Å². The molecule has 0 spiro atoms. The molecule has 1 aromatic carbocycles. The predicted molar refractivity (Wildman–Crippen MR) is 80.0 cm³/mol. The van der Waals surface area contributed by atoms with Crippen LogP contribution < -0.4 is 4.74 Å². The van der Waals surface area contributed by atoms with Gasteiger partial charge in [-0.25, -0.2) is 0 Å². The smallest absolute Gasteiger partial charge is 0.316 e.